The molecule has 8 rings (SSSR count). The minimum atomic E-state index is 0.860. The van der Waals surface area contributed by atoms with E-state index in [4.69, 9.17) is 15.0 Å². The van der Waals surface area contributed by atoms with Gasteiger partial charge in [0, 0.05) is 34.1 Å². The van der Waals surface area contributed by atoms with Gasteiger partial charge >= 0.3 is 0 Å². The molecule has 0 aliphatic carbocycles. The Bertz CT molecular complexity index is 2050. The molecule has 0 fully saturated rings. The number of fused-ring (bicyclic) bond motifs is 9. The van der Waals surface area contributed by atoms with Crippen LogP contribution in [-0.4, -0.2) is 23.9 Å². The molecular formula is C31H19N5. The molecule has 0 aliphatic heterocycles. The molecule has 0 unspecified atom stereocenters. The quantitative estimate of drug-likeness (QED) is 0.256. The summed E-state index contributed by atoms with van der Waals surface area (Å²) in [5.74, 6) is 0.889. The molecular weight excluding hydrogens is 442 g/mol. The molecule has 0 N–H and O–H groups in total. The lowest BCUT2D eigenvalue weighted by Crippen LogP contribution is -1.99. The topological polar surface area (TPSA) is 48.0 Å². The van der Waals surface area contributed by atoms with Crippen LogP contribution in [0.3, 0.4) is 0 Å². The van der Waals surface area contributed by atoms with Gasteiger partial charge in [-0.05, 0) is 36.4 Å². The van der Waals surface area contributed by atoms with Crippen LogP contribution in [0.5, 0.6) is 0 Å². The number of nitrogens with zero attached hydrogens (tertiary/aromatic N) is 5. The second-order valence-electron chi connectivity index (χ2n) is 8.95. The molecule has 0 atom stereocenters. The van der Waals surface area contributed by atoms with Crippen molar-refractivity contribution < 1.29 is 0 Å². The van der Waals surface area contributed by atoms with E-state index in [0.717, 1.165) is 55.7 Å². The van der Waals surface area contributed by atoms with Gasteiger partial charge in [0.05, 0.1) is 22.2 Å². The third-order valence-electron chi connectivity index (χ3n) is 7.00. The van der Waals surface area contributed by atoms with Crippen LogP contribution >= 0.6 is 0 Å². The Hall–Kier alpha value is -5.03. The van der Waals surface area contributed by atoms with Crippen LogP contribution in [0.4, 0.5) is 0 Å². The molecule has 5 aromatic heterocycles. The number of para-hydroxylation sites is 2. The van der Waals surface area contributed by atoms with Crippen LogP contribution in [0.2, 0.25) is 0 Å². The van der Waals surface area contributed by atoms with Crippen molar-refractivity contribution in [2.75, 3.05) is 0 Å². The summed E-state index contributed by atoms with van der Waals surface area (Å²) in [5.41, 5.74) is 7.96. The Morgan fingerprint density at radius 2 is 1.08 bits per heavy atom. The molecule has 0 radical (unpaired) electrons. The molecule has 0 aliphatic rings. The van der Waals surface area contributed by atoms with E-state index in [2.05, 4.69) is 93.9 Å². The molecule has 3 aromatic carbocycles. The summed E-state index contributed by atoms with van der Waals surface area (Å²) in [6, 6.07) is 35.7. The van der Waals surface area contributed by atoms with Crippen LogP contribution in [-0.2, 0) is 0 Å². The molecule has 0 spiro atoms. The highest BCUT2D eigenvalue weighted by atomic mass is 15.2. The predicted octanol–water partition coefficient (Wildman–Crippen LogP) is 7.19. The molecule has 5 nitrogen and oxygen atoms in total. The summed E-state index contributed by atoms with van der Waals surface area (Å²) in [5, 5.41) is 3.40. The minimum absolute atomic E-state index is 0.860. The van der Waals surface area contributed by atoms with Crippen LogP contribution in [0.25, 0.3) is 66.5 Å². The van der Waals surface area contributed by atoms with E-state index >= 15 is 0 Å². The average molecular weight is 462 g/mol. The number of imidazole rings is 1. The van der Waals surface area contributed by atoms with E-state index in [0.29, 0.717) is 0 Å². The monoisotopic (exact) mass is 461 g/mol. The lowest BCUT2D eigenvalue weighted by atomic mass is 10.1. The molecule has 0 bridgehead atoms. The first-order valence-electron chi connectivity index (χ1n) is 12.0. The maximum Gasteiger partial charge on any atom is 0.165 e. The van der Waals surface area contributed by atoms with Crippen molar-refractivity contribution in [2.24, 2.45) is 0 Å². The van der Waals surface area contributed by atoms with E-state index in [1.54, 1.807) is 0 Å². The van der Waals surface area contributed by atoms with Crippen molar-refractivity contribution in [3.63, 3.8) is 0 Å². The van der Waals surface area contributed by atoms with Gasteiger partial charge in [-0.3, -0.25) is 18.9 Å². The standard InChI is InChI=1S/C31H19N5/c1-2-10-20(11-3-1)29-31(35-24-15-6-4-12-21(24)22-13-5-7-16-25(22)35)34-30-23-14-8-18-32-27(23)28-26(36(29)30)17-9-19-33-28/h1-19H. The molecule has 5 heteroatoms. The molecule has 8 aromatic rings. The largest absolute Gasteiger partial charge is 0.292 e. The zero-order valence-electron chi connectivity index (χ0n) is 19.2. The van der Waals surface area contributed by atoms with E-state index in [1.165, 1.54) is 10.8 Å². The summed E-state index contributed by atoms with van der Waals surface area (Å²) in [6.45, 7) is 0. The van der Waals surface area contributed by atoms with Crippen LogP contribution < -0.4 is 0 Å². The average Bonchev–Trinajstić information content (AvgIpc) is 3.50. The highest BCUT2D eigenvalue weighted by Gasteiger charge is 2.23. The second kappa shape index (κ2) is 7.23. The first-order valence-corrected chi connectivity index (χ1v) is 12.0. The summed E-state index contributed by atoms with van der Waals surface area (Å²) in [4.78, 5) is 14.8. The number of rotatable bonds is 2. The normalized spacial score (nSPS) is 11.9. The first-order chi connectivity index (χ1) is 17.9. The fourth-order valence-electron chi connectivity index (χ4n) is 5.52. The maximum absolute atomic E-state index is 5.37. The van der Waals surface area contributed by atoms with Crippen LogP contribution in [0, 0.1) is 0 Å². The molecule has 0 saturated carbocycles. The van der Waals surface area contributed by atoms with Crippen molar-refractivity contribution in [1.29, 1.82) is 0 Å². The molecule has 36 heavy (non-hydrogen) atoms. The number of pyridine rings is 3. The van der Waals surface area contributed by atoms with Gasteiger partial charge in [0.2, 0.25) is 0 Å². The zero-order chi connectivity index (χ0) is 23.6. The fraction of sp³-hybridized carbons (Fsp3) is 0. The number of benzene rings is 3. The third kappa shape index (κ3) is 2.51. The highest BCUT2D eigenvalue weighted by Crippen LogP contribution is 2.39. The number of aromatic nitrogens is 5. The minimum Gasteiger partial charge on any atom is -0.292 e. The lowest BCUT2D eigenvalue weighted by molar-refractivity contribution is 1.12. The van der Waals surface area contributed by atoms with Gasteiger partial charge in [-0.2, -0.15) is 0 Å². The lowest BCUT2D eigenvalue weighted by Gasteiger charge is -2.11. The Kier molecular flexibility index (Phi) is 3.88. The molecule has 168 valence electrons. The molecule has 5 heterocycles. The van der Waals surface area contributed by atoms with Crippen molar-refractivity contribution in [2.45, 2.75) is 0 Å². The van der Waals surface area contributed by atoms with Crippen molar-refractivity contribution in [3.05, 3.63) is 116 Å². The Morgan fingerprint density at radius 1 is 0.500 bits per heavy atom. The van der Waals surface area contributed by atoms with Crippen molar-refractivity contribution in [1.82, 2.24) is 23.9 Å². The Balaban J connectivity index is 1.67. The molecule has 0 amide bonds. The fourth-order valence-corrected chi connectivity index (χ4v) is 5.52. The summed E-state index contributed by atoms with van der Waals surface area (Å²) < 4.78 is 4.55. The summed E-state index contributed by atoms with van der Waals surface area (Å²) in [6.07, 6.45) is 3.65. The van der Waals surface area contributed by atoms with Gasteiger partial charge in [-0.1, -0.05) is 66.7 Å². The smallest absolute Gasteiger partial charge is 0.165 e. The van der Waals surface area contributed by atoms with Gasteiger partial charge < -0.3 is 0 Å². The zero-order valence-corrected chi connectivity index (χ0v) is 19.2. The van der Waals surface area contributed by atoms with E-state index in [9.17, 15) is 0 Å². The predicted molar refractivity (Wildman–Crippen MR) is 146 cm³/mol. The van der Waals surface area contributed by atoms with E-state index < -0.39 is 0 Å². The van der Waals surface area contributed by atoms with Gasteiger partial charge in [0.1, 0.15) is 16.7 Å². The van der Waals surface area contributed by atoms with E-state index in [-0.39, 0.29) is 0 Å². The van der Waals surface area contributed by atoms with E-state index in [1.807, 2.05) is 30.6 Å². The summed E-state index contributed by atoms with van der Waals surface area (Å²) >= 11 is 0. The summed E-state index contributed by atoms with van der Waals surface area (Å²) in [7, 11) is 0. The second-order valence-corrected chi connectivity index (χ2v) is 8.95. The maximum atomic E-state index is 5.37. The van der Waals surface area contributed by atoms with Crippen molar-refractivity contribution >= 4 is 49.4 Å². The van der Waals surface area contributed by atoms with Gasteiger partial charge in [0.15, 0.2) is 5.82 Å². The van der Waals surface area contributed by atoms with Crippen LogP contribution in [0.15, 0.2) is 116 Å². The Labute approximate surface area is 205 Å². The van der Waals surface area contributed by atoms with Gasteiger partial charge in [-0.15, -0.1) is 0 Å². The third-order valence-corrected chi connectivity index (χ3v) is 7.00. The Morgan fingerprint density at radius 3 is 1.83 bits per heavy atom. The SMILES string of the molecule is c1ccc(-c2c(-n3c4ccccc4c4ccccc43)nc3c4cccnc4c4ncccc4n23)cc1. The van der Waals surface area contributed by atoms with Gasteiger partial charge in [-0.25, -0.2) is 4.98 Å². The highest BCUT2D eigenvalue weighted by molar-refractivity contribution is 6.11. The first kappa shape index (κ1) is 19.3. The number of hydrogen-bond acceptors (Lipinski definition) is 3. The number of hydrogen-bond donors (Lipinski definition) is 0. The van der Waals surface area contributed by atoms with Crippen LogP contribution in [0.1, 0.15) is 0 Å². The van der Waals surface area contributed by atoms with Gasteiger partial charge in [0.25, 0.3) is 0 Å². The molecule has 0 saturated heterocycles. The van der Waals surface area contributed by atoms with Crippen molar-refractivity contribution in [3.8, 4) is 17.1 Å².